The Hall–Kier alpha value is -1.10. The molecule has 0 aliphatic heterocycles. The van der Waals surface area contributed by atoms with Crippen molar-refractivity contribution < 1.29 is 14.4 Å². The molecule has 0 spiro atoms. The van der Waals surface area contributed by atoms with Crippen LogP contribution in [0.5, 0.6) is 0 Å². The van der Waals surface area contributed by atoms with E-state index in [1.165, 1.54) is 32.1 Å². The third-order valence-electron chi connectivity index (χ3n) is 4.92. The van der Waals surface area contributed by atoms with Crippen LogP contribution in [0, 0.1) is 29.6 Å². The molecule has 0 aromatic heterocycles. The average molecular weight is 252 g/mol. The topological polar surface area (TPSA) is 81.4 Å². The van der Waals surface area contributed by atoms with E-state index in [4.69, 9.17) is 10.6 Å². The molecular weight excluding hydrogens is 232 g/mol. The number of hydrogen-bond donors (Lipinski definition) is 2. The molecule has 100 valence electrons. The van der Waals surface area contributed by atoms with Crippen LogP contribution in [-0.4, -0.2) is 18.4 Å². The summed E-state index contributed by atoms with van der Waals surface area (Å²) in [4.78, 5) is 27.5. The highest BCUT2D eigenvalue weighted by Crippen LogP contribution is 2.56. The predicted molar refractivity (Wildman–Crippen MR) is 63.8 cm³/mol. The third kappa shape index (κ3) is 2.11. The Kier molecular flexibility index (Phi) is 3.01. The molecule has 0 aromatic carbocycles. The van der Waals surface area contributed by atoms with E-state index in [1.807, 2.05) is 0 Å². The summed E-state index contributed by atoms with van der Waals surface area (Å²) in [5.41, 5.74) is 7.36. The molecule has 4 aliphatic rings. The van der Waals surface area contributed by atoms with Crippen molar-refractivity contribution in [1.29, 1.82) is 0 Å². The quantitative estimate of drug-likeness (QED) is 0.718. The lowest BCUT2D eigenvalue weighted by atomic mass is 9.52. The first-order valence-electron chi connectivity index (χ1n) is 6.83. The van der Waals surface area contributed by atoms with Crippen LogP contribution < -0.4 is 11.2 Å². The highest BCUT2D eigenvalue weighted by Gasteiger charge is 2.50. The lowest BCUT2D eigenvalue weighted by molar-refractivity contribution is -0.152. The minimum atomic E-state index is -0.569. The van der Waals surface area contributed by atoms with Gasteiger partial charge in [-0.25, -0.2) is 5.48 Å². The molecule has 5 nitrogen and oxygen atoms in total. The summed E-state index contributed by atoms with van der Waals surface area (Å²) in [5, 5.41) is 0. The molecule has 2 amide bonds. The highest BCUT2D eigenvalue weighted by molar-refractivity contribution is 5.79. The molecule has 18 heavy (non-hydrogen) atoms. The number of carbonyl (C=O) groups is 2. The van der Waals surface area contributed by atoms with Crippen LogP contribution in [0.15, 0.2) is 0 Å². The second-order valence-corrected chi connectivity index (χ2v) is 6.18. The van der Waals surface area contributed by atoms with E-state index in [-0.39, 0.29) is 18.4 Å². The molecule has 4 rings (SSSR count). The average Bonchev–Trinajstić information content (AvgIpc) is 2.26. The number of rotatable bonds is 4. The zero-order chi connectivity index (χ0) is 12.7. The number of hydroxylamine groups is 1. The van der Waals surface area contributed by atoms with Crippen LogP contribution in [0.25, 0.3) is 0 Å². The second kappa shape index (κ2) is 4.53. The summed E-state index contributed by atoms with van der Waals surface area (Å²) < 4.78 is 0. The zero-order valence-electron chi connectivity index (χ0n) is 10.4. The molecule has 3 N–H and O–H groups in total. The first-order chi connectivity index (χ1) is 8.63. The van der Waals surface area contributed by atoms with Crippen molar-refractivity contribution in [2.45, 2.75) is 32.1 Å². The standard InChI is InChI=1S/C13H20N2O3/c14-11(16)6-18-15-13(17)12-9-2-7-1-8(4-9)5-10(12)3-7/h7-10,12H,1-6H2,(H2,14,16)(H,15,17). The smallest absolute Gasteiger partial charge is 0.247 e. The molecule has 4 fully saturated rings. The van der Waals surface area contributed by atoms with Gasteiger partial charge in [0.25, 0.3) is 0 Å². The van der Waals surface area contributed by atoms with E-state index in [0.717, 1.165) is 11.8 Å². The van der Waals surface area contributed by atoms with E-state index in [9.17, 15) is 9.59 Å². The van der Waals surface area contributed by atoms with Gasteiger partial charge in [-0.05, 0) is 55.8 Å². The maximum Gasteiger partial charge on any atom is 0.247 e. The molecule has 0 saturated heterocycles. The number of hydrogen-bond acceptors (Lipinski definition) is 3. The number of primary amides is 1. The van der Waals surface area contributed by atoms with Gasteiger partial charge in [-0.15, -0.1) is 0 Å². The van der Waals surface area contributed by atoms with Crippen LogP contribution in [0.1, 0.15) is 32.1 Å². The molecule has 0 atom stereocenters. The van der Waals surface area contributed by atoms with Crippen molar-refractivity contribution in [2.75, 3.05) is 6.61 Å². The lowest BCUT2D eigenvalue weighted by Crippen LogP contribution is -2.51. The Morgan fingerprint density at radius 1 is 1.06 bits per heavy atom. The van der Waals surface area contributed by atoms with Gasteiger partial charge in [0.15, 0.2) is 6.61 Å². The molecular formula is C13H20N2O3. The summed E-state index contributed by atoms with van der Waals surface area (Å²) in [7, 11) is 0. The van der Waals surface area contributed by atoms with Crippen molar-refractivity contribution in [2.24, 2.45) is 35.3 Å². The minimum absolute atomic E-state index is 0.0509. The number of nitrogens with two attached hydrogens (primary N) is 1. The van der Waals surface area contributed by atoms with E-state index >= 15 is 0 Å². The maximum atomic E-state index is 12.1. The molecule has 4 aliphatic carbocycles. The van der Waals surface area contributed by atoms with Crippen molar-refractivity contribution in [3.63, 3.8) is 0 Å². The van der Waals surface area contributed by atoms with Gasteiger partial charge in [0.2, 0.25) is 11.8 Å². The normalized spacial score (nSPS) is 40.8. The Bertz CT molecular complexity index is 341. The summed E-state index contributed by atoms with van der Waals surface area (Å²) in [6, 6.07) is 0. The van der Waals surface area contributed by atoms with Gasteiger partial charge < -0.3 is 5.73 Å². The van der Waals surface area contributed by atoms with Crippen LogP contribution >= 0.6 is 0 Å². The van der Waals surface area contributed by atoms with Crippen LogP contribution in [-0.2, 0) is 14.4 Å². The van der Waals surface area contributed by atoms with Gasteiger partial charge in [-0.1, -0.05) is 0 Å². The molecule has 5 heteroatoms. The summed E-state index contributed by atoms with van der Waals surface area (Å²) in [6.45, 7) is -0.251. The van der Waals surface area contributed by atoms with Crippen molar-refractivity contribution in [3.8, 4) is 0 Å². The van der Waals surface area contributed by atoms with Gasteiger partial charge in [-0.3, -0.25) is 14.4 Å². The molecule has 0 heterocycles. The van der Waals surface area contributed by atoms with Crippen LogP contribution in [0.4, 0.5) is 0 Å². The van der Waals surface area contributed by atoms with Crippen LogP contribution in [0.2, 0.25) is 0 Å². The minimum Gasteiger partial charge on any atom is -0.368 e. The summed E-state index contributed by atoms with van der Waals surface area (Å²) >= 11 is 0. The van der Waals surface area contributed by atoms with Gasteiger partial charge >= 0.3 is 0 Å². The first kappa shape index (κ1) is 12.0. The summed E-state index contributed by atoms with van der Waals surface area (Å²) in [6.07, 6.45) is 6.16. The Labute approximate surface area is 106 Å². The SMILES string of the molecule is NC(=O)CONC(=O)C1C2CC3CC(C2)CC1C3. The fraction of sp³-hybridized carbons (Fsp3) is 0.846. The first-order valence-corrected chi connectivity index (χ1v) is 6.83. The Morgan fingerprint density at radius 3 is 2.11 bits per heavy atom. The molecule has 4 saturated carbocycles. The summed E-state index contributed by atoms with van der Waals surface area (Å²) in [5.74, 6) is 2.22. The second-order valence-electron chi connectivity index (χ2n) is 6.18. The molecule has 0 aromatic rings. The van der Waals surface area contributed by atoms with Crippen molar-refractivity contribution >= 4 is 11.8 Å². The molecule has 0 radical (unpaired) electrons. The highest BCUT2D eigenvalue weighted by atomic mass is 16.7. The number of nitrogens with one attached hydrogen (secondary N) is 1. The zero-order valence-corrected chi connectivity index (χ0v) is 10.4. The van der Waals surface area contributed by atoms with Crippen molar-refractivity contribution in [1.82, 2.24) is 5.48 Å². The lowest BCUT2D eigenvalue weighted by Gasteiger charge is -2.53. The maximum absolute atomic E-state index is 12.1. The Balaban J connectivity index is 1.59. The van der Waals surface area contributed by atoms with Crippen molar-refractivity contribution in [3.05, 3.63) is 0 Å². The fourth-order valence-electron chi connectivity index (χ4n) is 4.60. The van der Waals surface area contributed by atoms with E-state index in [0.29, 0.717) is 11.8 Å². The number of carbonyl (C=O) groups excluding carboxylic acids is 2. The predicted octanol–water partition coefficient (Wildman–Crippen LogP) is 0.592. The van der Waals surface area contributed by atoms with Crippen LogP contribution in [0.3, 0.4) is 0 Å². The molecule has 0 unspecified atom stereocenters. The fourth-order valence-corrected chi connectivity index (χ4v) is 4.60. The van der Waals surface area contributed by atoms with E-state index < -0.39 is 5.91 Å². The third-order valence-corrected chi connectivity index (χ3v) is 4.92. The van der Waals surface area contributed by atoms with E-state index in [1.54, 1.807) is 0 Å². The number of amides is 2. The van der Waals surface area contributed by atoms with Gasteiger partial charge in [-0.2, -0.15) is 0 Å². The van der Waals surface area contributed by atoms with Gasteiger partial charge in [0.1, 0.15) is 0 Å². The monoisotopic (exact) mass is 252 g/mol. The largest absolute Gasteiger partial charge is 0.368 e. The van der Waals surface area contributed by atoms with Gasteiger partial charge in [0.05, 0.1) is 0 Å². The van der Waals surface area contributed by atoms with E-state index in [2.05, 4.69) is 5.48 Å². The molecule has 4 bridgehead atoms. The van der Waals surface area contributed by atoms with Gasteiger partial charge in [0, 0.05) is 5.92 Å². The Morgan fingerprint density at radius 2 is 1.61 bits per heavy atom.